The van der Waals surface area contributed by atoms with Gasteiger partial charge in [0.2, 0.25) is 0 Å². The van der Waals surface area contributed by atoms with E-state index in [1.807, 2.05) is 18.2 Å². The molecular formula is C15H16N2OS. The molecule has 0 fully saturated rings. The number of fused-ring (bicyclic) bond motifs is 1. The van der Waals surface area contributed by atoms with Crippen LogP contribution in [0.25, 0.3) is 0 Å². The molecular weight excluding hydrogens is 256 g/mol. The molecule has 4 heteroatoms. The number of hydrogen-bond donors (Lipinski definition) is 2. The van der Waals surface area contributed by atoms with E-state index in [0.717, 1.165) is 24.2 Å². The van der Waals surface area contributed by atoms with Crippen molar-refractivity contribution in [2.24, 2.45) is 0 Å². The first-order valence-electron chi connectivity index (χ1n) is 6.43. The van der Waals surface area contributed by atoms with Crippen LogP contribution in [0.4, 0.5) is 5.69 Å². The van der Waals surface area contributed by atoms with Crippen molar-refractivity contribution in [3.63, 3.8) is 0 Å². The first kappa shape index (κ1) is 12.2. The summed E-state index contributed by atoms with van der Waals surface area (Å²) in [6, 6.07) is 10.0. The van der Waals surface area contributed by atoms with E-state index in [1.165, 1.54) is 15.3 Å². The lowest BCUT2D eigenvalue weighted by Gasteiger charge is -2.06. The molecule has 19 heavy (non-hydrogen) atoms. The van der Waals surface area contributed by atoms with Crippen LogP contribution in [-0.2, 0) is 13.0 Å². The van der Waals surface area contributed by atoms with Crippen LogP contribution in [0, 0.1) is 6.92 Å². The van der Waals surface area contributed by atoms with Gasteiger partial charge in [0.05, 0.1) is 6.54 Å². The number of anilines is 1. The van der Waals surface area contributed by atoms with Crippen molar-refractivity contribution < 1.29 is 4.79 Å². The van der Waals surface area contributed by atoms with Crippen LogP contribution in [0.1, 0.15) is 25.7 Å². The fourth-order valence-electron chi connectivity index (χ4n) is 2.30. The van der Waals surface area contributed by atoms with Crippen molar-refractivity contribution in [1.82, 2.24) is 5.32 Å². The molecule has 2 aromatic rings. The summed E-state index contributed by atoms with van der Waals surface area (Å²) < 4.78 is 0. The first-order chi connectivity index (χ1) is 9.22. The first-order valence-corrected chi connectivity index (χ1v) is 7.24. The van der Waals surface area contributed by atoms with Crippen molar-refractivity contribution in [1.29, 1.82) is 0 Å². The SMILES string of the molecule is Cc1ccc(CNC(=O)c2ccc3c(c2)CCN3)s1. The standard InChI is InChI=1S/C15H16N2OS/c1-10-2-4-13(19-10)9-17-15(18)12-3-5-14-11(8-12)6-7-16-14/h2-5,8,16H,6-7,9H2,1H3,(H,17,18). The maximum Gasteiger partial charge on any atom is 0.251 e. The van der Waals surface area contributed by atoms with E-state index in [-0.39, 0.29) is 5.91 Å². The Morgan fingerprint density at radius 1 is 1.37 bits per heavy atom. The van der Waals surface area contributed by atoms with Gasteiger partial charge < -0.3 is 10.6 Å². The van der Waals surface area contributed by atoms with Gasteiger partial charge in [0, 0.05) is 27.5 Å². The Labute approximate surface area is 116 Å². The molecule has 1 aromatic carbocycles. The van der Waals surface area contributed by atoms with E-state index in [9.17, 15) is 4.79 Å². The van der Waals surface area contributed by atoms with E-state index < -0.39 is 0 Å². The minimum atomic E-state index is 0.000697. The number of carbonyl (C=O) groups excluding carboxylic acids is 1. The van der Waals surface area contributed by atoms with E-state index in [4.69, 9.17) is 0 Å². The van der Waals surface area contributed by atoms with Gasteiger partial charge in [-0.2, -0.15) is 0 Å². The minimum absolute atomic E-state index is 0.000697. The van der Waals surface area contributed by atoms with Gasteiger partial charge in [0.1, 0.15) is 0 Å². The van der Waals surface area contributed by atoms with Crippen molar-refractivity contribution >= 4 is 22.9 Å². The van der Waals surface area contributed by atoms with E-state index in [0.29, 0.717) is 6.54 Å². The zero-order chi connectivity index (χ0) is 13.2. The lowest BCUT2D eigenvalue weighted by atomic mass is 10.1. The number of aryl methyl sites for hydroxylation is 1. The van der Waals surface area contributed by atoms with Gasteiger partial charge >= 0.3 is 0 Å². The molecule has 0 bridgehead atoms. The minimum Gasteiger partial charge on any atom is -0.384 e. The van der Waals surface area contributed by atoms with Crippen molar-refractivity contribution in [3.8, 4) is 0 Å². The molecule has 3 nitrogen and oxygen atoms in total. The zero-order valence-electron chi connectivity index (χ0n) is 10.8. The molecule has 0 aliphatic carbocycles. The monoisotopic (exact) mass is 272 g/mol. The predicted molar refractivity (Wildman–Crippen MR) is 78.9 cm³/mol. The maximum atomic E-state index is 12.1. The Bertz CT molecular complexity index is 618. The molecule has 1 aliphatic heterocycles. The van der Waals surface area contributed by atoms with Crippen LogP contribution in [0.3, 0.4) is 0 Å². The molecule has 1 aromatic heterocycles. The second-order valence-electron chi connectivity index (χ2n) is 4.74. The summed E-state index contributed by atoms with van der Waals surface area (Å²) in [7, 11) is 0. The van der Waals surface area contributed by atoms with Crippen molar-refractivity contribution in [3.05, 3.63) is 51.2 Å². The largest absolute Gasteiger partial charge is 0.384 e. The molecule has 1 amide bonds. The molecule has 0 unspecified atom stereocenters. The van der Waals surface area contributed by atoms with Crippen LogP contribution in [0.5, 0.6) is 0 Å². The molecule has 2 heterocycles. The highest BCUT2D eigenvalue weighted by Gasteiger charge is 2.13. The lowest BCUT2D eigenvalue weighted by molar-refractivity contribution is 0.0951. The molecule has 0 spiro atoms. The van der Waals surface area contributed by atoms with E-state index in [2.05, 4.69) is 29.7 Å². The van der Waals surface area contributed by atoms with Crippen LogP contribution in [-0.4, -0.2) is 12.5 Å². The third kappa shape index (κ3) is 2.63. The molecule has 0 saturated heterocycles. The smallest absolute Gasteiger partial charge is 0.251 e. The Hall–Kier alpha value is -1.81. The van der Waals surface area contributed by atoms with Gasteiger partial charge in [-0.05, 0) is 49.2 Å². The number of carbonyl (C=O) groups is 1. The number of rotatable bonds is 3. The molecule has 2 N–H and O–H groups in total. The summed E-state index contributed by atoms with van der Waals surface area (Å²) in [5, 5.41) is 6.27. The molecule has 0 saturated carbocycles. The topological polar surface area (TPSA) is 41.1 Å². The zero-order valence-corrected chi connectivity index (χ0v) is 11.6. The van der Waals surface area contributed by atoms with Gasteiger partial charge in [-0.15, -0.1) is 11.3 Å². The van der Waals surface area contributed by atoms with Gasteiger partial charge in [0.15, 0.2) is 0 Å². The van der Waals surface area contributed by atoms with E-state index >= 15 is 0 Å². The van der Waals surface area contributed by atoms with Gasteiger partial charge in [0.25, 0.3) is 5.91 Å². The highest BCUT2D eigenvalue weighted by molar-refractivity contribution is 7.11. The Morgan fingerprint density at radius 3 is 3.05 bits per heavy atom. The number of hydrogen-bond acceptors (Lipinski definition) is 3. The highest BCUT2D eigenvalue weighted by Crippen LogP contribution is 2.23. The molecule has 3 rings (SSSR count). The third-order valence-electron chi connectivity index (χ3n) is 3.30. The molecule has 0 radical (unpaired) electrons. The quantitative estimate of drug-likeness (QED) is 0.902. The molecule has 0 atom stereocenters. The average molecular weight is 272 g/mol. The normalized spacial score (nSPS) is 12.9. The summed E-state index contributed by atoms with van der Waals surface area (Å²) in [5.41, 5.74) is 3.14. The number of amides is 1. The lowest BCUT2D eigenvalue weighted by Crippen LogP contribution is -2.22. The van der Waals surface area contributed by atoms with Crippen LogP contribution in [0.2, 0.25) is 0 Å². The number of thiophene rings is 1. The fraction of sp³-hybridized carbons (Fsp3) is 0.267. The summed E-state index contributed by atoms with van der Waals surface area (Å²) in [5.74, 6) is 0.000697. The van der Waals surface area contributed by atoms with Crippen LogP contribution < -0.4 is 10.6 Å². The summed E-state index contributed by atoms with van der Waals surface area (Å²) in [4.78, 5) is 14.6. The second kappa shape index (κ2) is 5.05. The van der Waals surface area contributed by atoms with Gasteiger partial charge in [-0.1, -0.05) is 0 Å². The second-order valence-corrected chi connectivity index (χ2v) is 6.12. The van der Waals surface area contributed by atoms with Crippen molar-refractivity contribution in [2.45, 2.75) is 19.9 Å². The maximum absolute atomic E-state index is 12.1. The number of benzene rings is 1. The van der Waals surface area contributed by atoms with Crippen LogP contribution >= 0.6 is 11.3 Å². The third-order valence-corrected chi connectivity index (χ3v) is 4.30. The Morgan fingerprint density at radius 2 is 2.26 bits per heavy atom. The average Bonchev–Trinajstić information content (AvgIpc) is 3.03. The predicted octanol–water partition coefficient (Wildman–Crippen LogP) is 2.95. The van der Waals surface area contributed by atoms with Gasteiger partial charge in [-0.3, -0.25) is 4.79 Å². The highest BCUT2D eigenvalue weighted by atomic mass is 32.1. The summed E-state index contributed by atoms with van der Waals surface area (Å²) in [6.45, 7) is 3.64. The molecule has 1 aliphatic rings. The van der Waals surface area contributed by atoms with Crippen molar-refractivity contribution in [2.75, 3.05) is 11.9 Å². The number of nitrogens with one attached hydrogen (secondary N) is 2. The fourth-order valence-corrected chi connectivity index (χ4v) is 3.13. The Balaban J connectivity index is 1.67. The summed E-state index contributed by atoms with van der Waals surface area (Å²) >= 11 is 1.72. The van der Waals surface area contributed by atoms with Gasteiger partial charge in [-0.25, -0.2) is 0 Å². The summed E-state index contributed by atoms with van der Waals surface area (Å²) in [6.07, 6.45) is 1.00. The Kier molecular flexibility index (Phi) is 3.25. The van der Waals surface area contributed by atoms with Crippen LogP contribution in [0.15, 0.2) is 30.3 Å². The molecule has 98 valence electrons. The van der Waals surface area contributed by atoms with E-state index in [1.54, 1.807) is 11.3 Å².